The third-order valence-corrected chi connectivity index (χ3v) is 4.46. The molecule has 3 nitrogen and oxygen atoms in total. The molecule has 0 aliphatic carbocycles. The van der Waals surface area contributed by atoms with E-state index in [2.05, 4.69) is 18.8 Å². The first-order chi connectivity index (χ1) is 10.6. The zero-order valence-electron chi connectivity index (χ0n) is 12.7. The summed E-state index contributed by atoms with van der Waals surface area (Å²) in [5.41, 5.74) is 0.851. The second kappa shape index (κ2) is 6.50. The first-order valence-electron chi connectivity index (χ1n) is 7.80. The number of likely N-dealkylation sites (tertiary alicyclic amines) is 1. The minimum absolute atomic E-state index is 0.0858. The van der Waals surface area contributed by atoms with Crippen LogP contribution in [0.3, 0.4) is 0 Å². The number of hydrogen-bond donors (Lipinski definition) is 0. The molecule has 0 bridgehead atoms. The van der Waals surface area contributed by atoms with Crippen LogP contribution in [0.4, 0.5) is 4.39 Å². The number of carbonyl (C=O) groups is 1. The Kier molecular flexibility index (Phi) is 4.44. The van der Waals surface area contributed by atoms with Crippen LogP contribution in [0.2, 0.25) is 0 Å². The Morgan fingerprint density at radius 2 is 2.27 bits per heavy atom. The van der Waals surface area contributed by atoms with E-state index in [0.29, 0.717) is 19.1 Å². The van der Waals surface area contributed by atoms with Gasteiger partial charge in [-0.05, 0) is 42.4 Å². The van der Waals surface area contributed by atoms with Crippen LogP contribution in [0.1, 0.15) is 31.4 Å². The summed E-state index contributed by atoms with van der Waals surface area (Å²) in [6.07, 6.45) is 1.81. The van der Waals surface area contributed by atoms with Gasteiger partial charge in [0.1, 0.15) is 5.82 Å². The third-order valence-electron chi connectivity index (χ3n) is 4.46. The predicted octanol–water partition coefficient (Wildman–Crippen LogP) is 2.78. The molecule has 2 aliphatic rings. The molecule has 22 heavy (non-hydrogen) atoms. The highest BCUT2D eigenvalue weighted by molar-refractivity contribution is 5.94. The standard InChI is InChI=1S/C18H20FNO2/c1-13-7-9-20(17(21)6-5-14-8-10-22-12-14)18(13)15-3-2-4-16(19)11-15/h2-4,11,13-14,18H,7-10,12H2,1H3/t13-,14+,18-/m1/s1. The summed E-state index contributed by atoms with van der Waals surface area (Å²) < 4.78 is 18.7. The number of ether oxygens (including phenoxy) is 1. The fourth-order valence-corrected chi connectivity index (χ4v) is 3.26. The molecule has 0 N–H and O–H groups in total. The lowest BCUT2D eigenvalue weighted by atomic mass is 9.95. The third kappa shape index (κ3) is 3.15. The molecule has 4 heteroatoms. The SMILES string of the molecule is C[C@@H]1CCN(C(=O)C#C[C@H]2CCOC2)[C@H]1c1cccc(F)c1. The van der Waals surface area contributed by atoms with E-state index < -0.39 is 0 Å². The highest BCUT2D eigenvalue weighted by atomic mass is 19.1. The molecule has 1 amide bonds. The number of halogens is 1. The van der Waals surface area contributed by atoms with Crippen LogP contribution in [-0.4, -0.2) is 30.6 Å². The first kappa shape index (κ1) is 15.1. The minimum Gasteiger partial charge on any atom is -0.380 e. The lowest BCUT2D eigenvalue weighted by Crippen LogP contribution is -2.30. The van der Waals surface area contributed by atoms with E-state index in [0.717, 1.165) is 25.0 Å². The van der Waals surface area contributed by atoms with Gasteiger partial charge in [-0.1, -0.05) is 25.0 Å². The first-order valence-corrected chi connectivity index (χ1v) is 7.80. The Morgan fingerprint density at radius 3 is 3.00 bits per heavy atom. The van der Waals surface area contributed by atoms with Gasteiger partial charge in [0.15, 0.2) is 0 Å². The maximum Gasteiger partial charge on any atom is 0.298 e. The molecular weight excluding hydrogens is 281 g/mol. The average Bonchev–Trinajstić information content (AvgIpc) is 3.14. The van der Waals surface area contributed by atoms with Crippen molar-refractivity contribution >= 4 is 5.91 Å². The molecular formula is C18H20FNO2. The van der Waals surface area contributed by atoms with Gasteiger partial charge in [-0.25, -0.2) is 4.39 Å². The van der Waals surface area contributed by atoms with Crippen LogP contribution in [-0.2, 0) is 9.53 Å². The molecule has 0 radical (unpaired) electrons. The van der Waals surface area contributed by atoms with Crippen molar-refractivity contribution in [1.82, 2.24) is 4.90 Å². The summed E-state index contributed by atoms with van der Waals surface area (Å²) in [7, 11) is 0. The van der Waals surface area contributed by atoms with Crippen LogP contribution in [0.5, 0.6) is 0 Å². The fraction of sp³-hybridized carbons (Fsp3) is 0.500. The van der Waals surface area contributed by atoms with E-state index in [1.54, 1.807) is 11.0 Å². The number of nitrogens with zero attached hydrogens (tertiary/aromatic N) is 1. The Morgan fingerprint density at radius 1 is 1.41 bits per heavy atom. The van der Waals surface area contributed by atoms with Gasteiger partial charge in [0.25, 0.3) is 5.91 Å². The Bertz CT molecular complexity index is 613. The smallest absolute Gasteiger partial charge is 0.298 e. The van der Waals surface area contributed by atoms with Crippen LogP contribution < -0.4 is 0 Å². The van der Waals surface area contributed by atoms with Gasteiger partial charge >= 0.3 is 0 Å². The molecule has 0 saturated carbocycles. The lowest BCUT2D eigenvalue weighted by Gasteiger charge is -2.25. The molecule has 0 spiro atoms. The van der Waals surface area contributed by atoms with E-state index in [-0.39, 0.29) is 23.7 Å². The number of rotatable bonds is 1. The quantitative estimate of drug-likeness (QED) is 0.747. The molecule has 116 valence electrons. The summed E-state index contributed by atoms with van der Waals surface area (Å²) in [5.74, 6) is 5.83. The molecule has 0 aromatic heterocycles. The van der Waals surface area contributed by atoms with Crippen LogP contribution >= 0.6 is 0 Å². The normalized spacial score (nSPS) is 27.5. The van der Waals surface area contributed by atoms with Crippen molar-refractivity contribution in [2.75, 3.05) is 19.8 Å². The van der Waals surface area contributed by atoms with E-state index in [9.17, 15) is 9.18 Å². The van der Waals surface area contributed by atoms with Gasteiger partial charge in [-0.15, -0.1) is 0 Å². The molecule has 2 heterocycles. The largest absolute Gasteiger partial charge is 0.380 e. The maximum atomic E-state index is 13.5. The Labute approximate surface area is 130 Å². The fourth-order valence-electron chi connectivity index (χ4n) is 3.26. The number of hydrogen-bond acceptors (Lipinski definition) is 2. The summed E-state index contributed by atoms with van der Waals surface area (Å²) >= 11 is 0. The van der Waals surface area contributed by atoms with Crippen molar-refractivity contribution in [3.05, 3.63) is 35.6 Å². The van der Waals surface area contributed by atoms with Crippen molar-refractivity contribution < 1.29 is 13.9 Å². The molecule has 3 atom stereocenters. The maximum absolute atomic E-state index is 13.5. The molecule has 2 saturated heterocycles. The molecule has 0 unspecified atom stereocenters. The van der Waals surface area contributed by atoms with Gasteiger partial charge in [-0.2, -0.15) is 0 Å². The summed E-state index contributed by atoms with van der Waals surface area (Å²) in [5, 5.41) is 0. The summed E-state index contributed by atoms with van der Waals surface area (Å²) in [6, 6.07) is 6.44. The predicted molar refractivity (Wildman–Crippen MR) is 81.3 cm³/mol. The molecule has 2 fully saturated rings. The minimum atomic E-state index is -0.266. The van der Waals surface area contributed by atoms with Gasteiger partial charge in [0.2, 0.25) is 0 Å². The van der Waals surface area contributed by atoms with Crippen molar-refractivity contribution in [2.24, 2.45) is 11.8 Å². The van der Waals surface area contributed by atoms with Crippen LogP contribution in [0.15, 0.2) is 24.3 Å². The monoisotopic (exact) mass is 301 g/mol. The van der Waals surface area contributed by atoms with Gasteiger partial charge in [0.05, 0.1) is 12.6 Å². The highest BCUT2D eigenvalue weighted by Gasteiger charge is 2.35. The van der Waals surface area contributed by atoms with Crippen LogP contribution in [0.25, 0.3) is 0 Å². The molecule has 1 aromatic rings. The van der Waals surface area contributed by atoms with E-state index in [1.807, 2.05) is 6.07 Å². The summed E-state index contributed by atoms with van der Waals surface area (Å²) in [6.45, 7) is 4.11. The van der Waals surface area contributed by atoms with E-state index in [4.69, 9.17) is 4.74 Å². The number of benzene rings is 1. The molecule has 1 aromatic carbocycles. The van der Waals surface area contributed by atoms with E-state index >= 15 is 0 Å². The second-order valence-electron chi connectivity index (χ2n) is 6.09. The summed E-state index contributed by atoms with van der Waals surface area (Å²) in [4.78, 5) is 14.2. The molecule has 2 aliphatic heterocycles. The van der Waals surface area contributed by atoms with Gasteiger partial charge in [0, 0.05) is 19.1 Å². The zero-order valence-corrected chi connectivity index (χ0v) is 12.7. The van der Waals surface area contributed by atoms with Gasteiger partial charge in [-0.3, -0.25) is 4.79 Å². The zero-order chi connectivity index (χ0) is 15.5. The highest BCUT2D eigenvalue weighted by Crippen LogP contribution is 2.37. The van der Waals surface area contributed by atoms with Crippen molar-refractivity contribution in [1.29, 1.82) is 0 Å². The van der Waals surface area contributed by atoms with Crippen molar-refractivity contribution in [3.8, 4) is 11.8 Å². The Balaban J connectivity index is 1.78. The average molecular weight is 301 g/mol. The van der Waals surface area contributed by atoms with E-state index in [1.165, 1.54) is 12.1 Å². The topological polar surface area (TPSA) is 29.5 Å². The Hall–Kier alpha value is -1.86. The number of carbonyl (C=O) groups excluding carboxylic acids is 1. The number of amides is 1. The van der Waals surface area contributed by atoms with Gasteiger partial charge < -0.3 is 9.64 Å². The second-order valence-corrected chi connectivity index (χ2v) is 6.09. The molecule has 3 rings (SSSR count). The lowest BCUT2D eigenvalue weighted by molar-refractivity contribution is -0.126. The van der Waals surface area contributed by atoms with Crippen molar-refractivity contribution in [3.63, 3.8) is 0 Å². The van der Waals surface area contributed by atoms with Crippen molar-refractivity contribution in [2.45, 2.75) is 25.8 Å². The van der Waals surface area contributed by atoms with Crippen LogP contribution in [0, 0.1) is 29.5 Å².